The number of fused-ring (bicyclic) bond motifs is 1. The van der Waals surface area contributed by atoms with Crippen LogP contribution in [0.1, 0.15) is 11.4 Å². The number of nitrogens with one attached hydrogen (secondary N) is 1. The summed E-state index contributed by atoms with van der Waals surface area (Å²) in [5.41, 5.74) is 2.09. The van der Waals surface area contributed by atoms with E-state index in [9.17, 15) is 0 Å². The molecule has 0 fully saturated rings. The van der Waals surface area contributed by atoms with E-state index in [2.05, 4.69) is 30.2 Å². The van der Waals surface area contributed by atoms with Crippen LogP contribution in [0.4, 0.5) is 5.82 Å². The molecule has 0 amide bonds. The van der Waals surface area contributed by atoms with E-state index in [1.165, 1.54) is 6.33 Å². The lowest BCUT2D eigenvalue weighted by Gasteiger charge is -1.94. The molecule has 3 heterocycles. The number of rotatable bonds is 3. The van der Waals surface area contributed by atoms with Crippen LogP contribution in [0, 0.1) is 6.92 Å². The Kier molecular flexibility index (Phi) is 2.81. The third-order valence-corrected chi connectivity index (χ3v) is 3.54. The van der Waals surface area contributed by atoms with Gasteiger partial charge in [0.2, 0.25) is 0 Å². The molecule has 0 unspecified atom stereocenters. The van der Waals surface area contributed by atoms with Gasteiger partial charge in [-0.25, -0.2) is 15.0 Å². The summed E-state index contributed by atoms with van der Waals surface area (Å²) < 4.78 is 0.971. The van der Waals surface area contributed by atoms with Crippen molar-refractivity contribution in [2.45, 2.75) is 13.5 Å². The summed E-state index contributed by atoms with van der Waals surface area (Å²) in [5.74, 6) is 1.40. The number of thiophene rings is 1. The van der Waals surface area contributed by atoms with E-state index in [0.717, 1.165) is 21.6 Å². The second kappa shape index (κ2) is 4.61. The molecule has 0 radical (unpaired) electrons. The van der Waals surface area contributed by atoms with E-state index in [-0.39, 0.29) is 0 Å². The van der Waals surface area contributed by atoms with Crippen molar-refractivity contribution in [3.8, 4) is 0 Å². The largest absolute Gasteiger partial charge is 0.347 e. The Morgan fingerprint density at radius 1 is 1.33 bits per heavy atom. The highest BCUT2D eigenvalue weighted by molar-refractivity contribution is 7.17. The maximum absolute atomic E-state index is 4.24. The van der Waals surface area contributed by atoms with Crippen molar-refractivity contribution in [3.05, 3.63) is 35.5 Å². The average Bonchev–Trinajstić information content (AvgIpc) is 3.01. The van der Waals surface area contributed by atoms with Crippen LogP contribution in [-0.2, 0) is 6.54 Å². The van der Waals surface area contributed by atoms with Crippen LogP contribution in [0.15, 0.2) is 34.3 Å². The number of imidazole rings is 1. The summed E-state index contributed by atoms with van der Waals surface area (Å²) in [5, 5.41) is 10.3. The molecule has 90 valence electrons. The molecular formula is C11H10N6S. The number of H-pyrrole nitrogens is 1. The second-order valence-corrected chi connectivity index (χ2v) is 4.61. The number of hydrogen-bond donors (Lipinski definition) is 1. The Morgan fingerprint density at radius 2 is 2.28 bits per heavy atom. The van der Waals surface area contributed by atoms with Gasteiger partial charge in [0, 0.05) is 12.4 Å². The summed E-state index contributed by atoms with van der Waals surface area (Å²) in [6.07, 6.45) is 4.97. The standard InChI is InChI=1S/C11H10N6S/c1-7-5-18-10-9(7)14-6-15-11(10)17-16-4-8-12-2-3-13-8/h2-3,5-6H,4H2,1H3,(H,12,13). The molecule has 0 saturated heterocycles. The molecule has 0 aromatic carbocycles. The molecule has 0 aliphatic carbocycles. The topological polar surface area (TPSA) is 79.2 Å². The summed E-state index contributed by atoms with van der Waals surface area (Å²) >= 11 is 1.59. The predicted octanol–water partition coefficient (Wildman–Crippen LogP) is 3.01. The van der Waals surface area contributed by atoms with E-state index in [1.807, 2.05) is 12.3 Å². The summed E-state index contributed by atoms with van der Waals surface area (Å²) in [6, 6.07) is 0. The molecule has 1 N–H and O–H groups in total. The minimum absolute atomic E-state index is 0.419. The van der Waals surface area contributed by atoms with Crippen molar-refractivity contribution < 1.29 is 0 Å². The number of aryl methyl sites for hydroxylation is 1. The smallest absolute Gasteiger partial charge is 0.195 e. The van der Waals surface area contributed by atoms with Gasteiger partial charge in [-0.05, 0) is 17.9 Å². The van der Waals surface area contributed by atoms with Gasteiger partial charge >= 0.3 is 0 Å². The number of hydrogen-bond acceptors (Lipinski definition) is 6. The van der Waals surface area contributed by atoms with Crippen molar-refractivity contribution in [1.82, 2.24) is 19.9 Å². The van der Waals surface area contributed by atoms with Crippen LogP contribution in [0.2, 0.25) is 0 Å². The molecule has 18 heavy (non-hydrogen) atoms. The zero-order valence-corrected chi connectivity index (χ0v) is 10.5. The van der Waals surface area contributed by atoms with Crippen molar-refractivity contribution in [3.63, 3.8) is 0 Å². The second-order valence-electron chi connectivity index (χ2n) is 3.73. The molecule has 0 aliphatic rings. The van der Waals surface area contributed by atoms with Gasteiger partial charge in [0.1, 0.15) is 18.7 Å². The number of nitrogens with zero attached hydrogens (tertiary/aromatic N) is 5. The van der Waals surface area contributed by atoms with Crippen LogP contribution in [0.25, 0.3) is 10.2 Å². The fraction of sp³-hybridized carbons (Fsp3) is 0.182. The molecule has 0 spiro atoms. The highest BCUT2D eigenvalue weighted by Gasteiger charge is 2.06. The SMILES string of the molecule is Cc1csc2c(N=NCc3ncc[nH]3)ncnc12. The van der Waals surface area contributed by atoms with Gasteiger partial charge in [0.15, 0.2) is 5.82 Å². The Balaban J connectivity index is 1.88. The van der Waals surface area contributed by atoms with Crippen LogP contribution in [0.5, 0.6) is 0 Å². The average molecular weight is 258 g/mol. The first-order valence-electron chi connectivity index (χ1n) is 5.39. The fourth-order valence-electron chi connectivity index (χ4n) is 1.58. The van der Waals surface area contributed by atoms with Gasteiger partial charge in [-0.15, -0.1) is 16.5 Å². The molecule has 7 heteroatoms. The molecule has 3 aromatic rings. The minimum atomic E-state index is 0.419. The third-order valence-electron chi connectivity index (χ3n) is 2.45. The molecule has 3 rings (SSSR count). The number of aromatic nitrogens is 4. The molecule has 0 saturated carbocycles. The van der Waals surface area contributed by atoms with Crippen LogP contribution < -0.4 is 0 Å². The van der Waals surface area contributed by atoms with Crippen LogP contribution in [0.3, 0.4) is 0 Å². The molecular weight excluding hydrogens is 248 g/mol. The van der Waals surface area contributed by atoms with Gasteiger partial charge in [-0.2, -0.15) is 5.11 Å². The van der Waals surface area contributed by atoms with E-state index >= 15 is 0 Å². The van der Waals surface area contributed by atoms with Gasteiger partial charge in [0.05, 0.1) is 10.2 Å². The minimum Gasteiger partial charge on any atom is -0.347 e. The summed E-state index contributed by atoms with van der Waals surface area (Å²) in [7, 11) is 0. The number of azo groups is 1. The van der Waals surface area contributed by atoms with Crippen LogP contribution >= 0.6 is 11.3 Å². The third kappa shape index (κ3) is 2.00. The van der Waals surface area contributed by atoms with E-state index in [0.29, 0.717) is 12.4 Å². The van der Waals surface area contributed by atoms with E-state index in [1.54, 1.807) is 23.7 Å². The normalized spacial score (nSPS) is 11.6. The molecule has 0 bridgehead atoms. The van der Waals surface area contributed by atoms with Gasteiger partial charge in [-0.3, -0.25) is 0 Å². The van der Waals surface area contributed by atoms with Gasteiger partial charge in [-0.1, -0.05) is 0 Å². The Labute approximate surface area is 107 Å². The first kappa shape index (κ1) is 11.0. The Hall–Kier alpha value is -2.15. The highest BCUT2D eigenvalue weighted by Crippen LogP contribution is 2.30. The van der Waals surface area contributed by atoms with E-state index in [4.69, 9.17) is 0 Å². The van der Waals surface area contributed by atoms with Gasteiger partial charge in [0.25, 0.3) is 0 Å². The zero-order valence-electron chi connectivity index (χ0n) is 9.66. The quantitative estimate of drug-likeness (QED) is 0.733. The fourth-order valence-corrected chi connectivity index (χ4v) is 2.51. The maximum Gasteiger partial charge on any atom is 0.195 e. The van der Waals surface area contributed by atoms with Crippen LogP contribution in [-0.4, -0.2) is 19.9 Å². The van der Waals surface area contributed by atoms with E-state index < -0.39 is 0 Å². The summed E-state index contributed by atoms with van der Waals surface area (Å²) in [6.45, 7) is 2.44. The molecule has 0 atom stereocenters. The lowest BCUT2D eigenvalue weighted by atomic mass is 10.3. The Bertz CT molecular complexity index is 685. The van der Waals surface area contributed by atoms with Crippen molar-refractivity contribution in [1.29, 1.82) is 0 Å². The first-order chi connectivity index (χ1) is 8.84. The Morgan fingerprint density at radius 3 is 3.11 bits per heavy atom. The molecule has 6 nitrogen and oxygen atoms in total. The predicted molar refractivity (Wildman–Crippen MR) is 69.0 cm³/mol. The number of aromatic amines is 1. The molecule has 3 aromatic heterocycles. The first-order valence-corrected chi connectivity index (χ1v) is 6.27. The monoisotopic (exact) mass is 258 g/mol. The van der Waals surface area contributed by atoms with Crippen molar-refractivity contribution in [2.75, 3.05) is 0 Å². The zero-order chi connectivity index (χ0) is 12.4. The lowest BCUT2D eigenvalue weighted by Crippen LogP contribution is -1.83. The molecule has 0 aliphatic heterocycles. The van der Waals surface area contributed by atoms with Gasteiger partial charge < -0.3 is 4.98 Å². The maximum atomic E-state index is 4.24. The lowest BCUT2D eigenvalue weighted by molar-refractivity contribution is 0.881. The highest BCUT2D eigenvalue weighted by atomic mass is 32.1. The van der Waals surface area contributed by atoms with Crippen molar-refractivity contribution in [2.24, 2.45) is 10.2 Å². The van der Waals surface area contributed by atoms with Crippen molar-refractivity contribution >= 4 is 27.4 Å². The summed E-state index contributed by atoms with van der Waals surface area (Å²) in [4.78, 5) is 15.4.